The molecule has 1 rings (SSSR count). The van der Waals surface area contributed by atoms with E-state index in [1.165, 1.54) is 0 Å². The summed E-state index contributed by atoms with van der Waals surface area (Å²) in [6.45, 7) is 4.01. The van der Waals surface area contributed by atoms with Gasteiger partial charge in [0.15, 0.2) is 5.84 Å². The second-order valence-electron chi connectivity index (χ2n) is 4.79. The van der Waals surface area contributed by atoms with Gasteiger partial charge in [-0.05, 0) is 12.3 Å². The van der Waals surface area contributed by atoms with Crippen LogP contribution in [0.5, 0.6) is 0 Å². The lowest BCUT2D eigenvalue weighted by atomic mass is 9.94. The molecule has 2 atom stereocenters. The van der Waals surface area contributed by atoms with E-state index in [1.807, 2.05) is 13.8 Å². The van der Waals surface area contributed by atoms with E-state index in [1.54, 1.807) is 0 Å². The van der Waals surface area contributed by atoms with Crippen molar-refractivity contribution in [3.05, 3.63) is 0 Å². The van der Waals surface area contributed by atoms with Crippen LogP contribution in [0.2, 0.25) is 0 Å². The van der Waals surface area contributed by atoms with Gasteiger partial charge >= 0.3 is 0 Å². The SMILES string of the molecule is CC(C)C(C(=O)NCC1CCC(=O)N1)C(N)=NO. The molecule has 7 nitrogen and oxygen atoms in total. The number of nitrogens with one attached hydrogen (secondary N) is 2. The fraction of sp³-hybridized carbons (Fsp3) is 0.727. The van der Waals surface area contributed by atoms with E-state index >= 15 is 0 Å². The number of hydrogen-bond donors (Lipinski definition) is 4. The molecule has 5 N–H and O–H groups in total. The van der Waals surface area contributed by atoms with Crippen LogP contribution < -0.4 is 16.4 Å². The van der Waals surface area contributed by atoms with E-state index < -0.39 is 5.92 Å². The lowest BCUT2D eigenvalue weighted by molar-refractivity contribution is -0.124. The van der Waals surface area contributed by atoms with Crippen molar-refractivity contribution in [1.29, 1.82) is 0 Å². The minimum Gasteiger partial charge on any atom is -0.409 e. The Bertz CT molecular complexity index is 354. The van der Waals surface area contributed by atoms with Crippen LogP contribution in [0.1, 0.15) is 26.7 Å². The van der Waals surface area contributed by atoms with Gasteiger partial charge in [0.1, 0.15) is 5.92 Å². The van der Waals surface area contributed by atoms with Gasteiger partial charge < -0.3 is 21.6 Å². The lowest BCUT2D eigenvalue weighted by Crippen LogP contribution is -2.45. The molecule has 1 saturated heterocycles. The highest BCUT2D eigenvalue weighted by atomic mass is 16.4. The first-order chi connectivity index (χ1) is 8.45. The molecule has 1 aliphatic heterocycles. The average Bonchev–Trinajstić information content (AvgIpc) is 2.72. The maximum absolute atomic E-state index is 11.9. The number of nitrogens with zero attached hydrogens (tertiary/aromatic N) is 1. The molecule has 1 aliphatic rings. The van der Waals surface area contributed by atoms with Crippen molar-refractivity contribution >= 4 is 17.6 Å². The molecule has 2 unspecified atom stereocenters. The maximum atomic E-state index is 11.9. The molecule has 102 valence electrons. The van der Waals surface area contributed by atoms with E-state index in [9.17, 15) is 9.59 Å². The van der Waals surface area contributed by atoms with Crippen LogP contribution in [-0.4, -0.2) is 35.4 Å². The molecule has 18 heavy (non-hydrogen) atoms. The predicted octanol–water partition coefficient (Wildman–Crippen LogP) is -0.600. The molecule has 0 saturated carbocycles. The Kier molecular flexibility index (Phi) is 4.94. The number of carbonyl (C=O) groups excluding carboxylic acids is 2. The number of rotatable bonds is 5. The van der Waals surface area contributed by atoms with Crippen LogP contribution in [0.4, 0.5) is 0 Å². The van der Waals surface area contributed by atoms with Gasteiger partial charge in [-0.1, -0.05) is 19.0 Å². The van der Waals surface area contributed by atoms with Crippen molar-refractivity contribution in [2.75, 3.05) is 6.54 Å². The lowest BCUT2D eigenvalue weighted by Gasteiger charge is -2.20. The number of amides is 2. The Morgan fingerprint density at radius 1 is 1.67 bits per heavy atom. The van der Waals surface area contributed by atoms with Crippen LogP contribution in [0, 0.1) is 11.8 Å². The smallest absolute Gasteiger partial charge is 0.231 e. The third-order valence-corrected chi connectivity index (χ3v) is 2.99. The van der Waals surface area contributed by atoms with Gasteiger partial charge in [-0.25, -0.2) is 0 Å². The number of amidine groups is 1. The number of hydrogen-bond acceptors (Lipinski definition) is 4. The van der Waals surface area contributed by atoms with Crippen molar-refractivity contribution in [1.82, 2.24) is 10.6 Å². The maximum Gasteiger partial charge on any atom is 0.231 e. The van der Waals surface area contributed by atoms with Crippen molar-refractivity contribution < 1.29 is 14.8 Å². The summed E-state index contributed by atoms with van der Waals surface area (Å²) < 4.78 is 0. The molecule has 0 radical (unpaired) electrons. The van der Waals surface area contributed by atoms with E-state index in [-0.39, 0.29) is 29.6 Å². The monoisotopic (exact) mass is 256 g/mol. The van der Waals surface area contributed by atoms with E-state index in [2.05, 4.69) is 15.8 Å². The van der Waals surface area contributed by atoms with Crippen molar-refractivity contribution in [2.45, 2.75) is 32.7 Å². The summed E-state index contributed by atoms with van der Waals surface area (Å²) in [4.78, 5) is 22.9. The number of oxime groups is 1. The average molecular weight is 256 g/mol. The zero-order valence-electron chi connectivity index (χ0n) is 10.6. The summed E-state index contributed by atoms with van der Waals surface area (Å²) in [5, 5.41) is 17.0. The van der Waals surface area contributed by atoms with Crippen molar-refractivity contribution in [3.8, 4) is 0 Å². The second-order valence-corrected chi connectivity index (χ2v) is 4.79. The van der Waals surface area contributed by atoms with Crippen LogP contribution in [0.15, 0.2) is 5.16 Å². The molecule has 7 heteroatoms. The van der Waals surface area contributed by atoms with Gasteiger partial charge in [-0.3, -0.25) is 9.59 Å². The summed E-state index contributed by atoms with van der Waals surface area (Å²) in [5.41, 5.74) is 5.49. The molecule has 2 amide bonds. The van der Waals surface area contributed by atoms with Gasteiger partial charge in [-0.2, -0.15) is 0 Å². The minimum absolute atomic E-state index is 0.00564. The highest BCUT2D eigenvalue weighted by molar-refractivity contribution is 6.02. The van der Waals surface area contributed by atoms with Crippen molar-refractivity contribution in [2.24, 2.45) is 22.7 Å². The van der Waals surface area contributed by atoms with E-state index in [0.29, 0.717) is 13.0 Å². The summed E-state index contributed by atoms with van der Waals surface area (Å²) in [5.74, 6) is -1.11. The van der Waals surface area contributed by atoms with Gasteiger partial charge in [0.25, 0.3) is 0 Å². The Balaban J connectivity index is 2.49. The van der Waals surface area contributed by atoms with Gasteiger partial charge in [0, 0.05) is 19.0 Å². The fourth-order valence-electron chi connectivity index (χ4n) is 2.00. The zero-order valence-corrected chi connectivity index (χ0v) is 10.6. The first kappa shape index (κ1) is 14.3. The third-order valence-electron chi connectivity index (χ3n) is 2.99. The molecule has 0 aromatic heterocycles. The minimum atomic E-state index is -0.660. The Labute approximate surface area is 106 Å². The Morgan fingerprint density at radius 3 is 2.78 bits per heavy atom. The molecule has 0 aromatic rings. The summed E-state index contributed by atoms with van der Waals surface area (Å²) in [7, 11) is 0. The highest BCUT2D eigenvalue weighted by Gasteiger charge is 2.28. The van der Waals surface area contributed by atoms with Gasteiger partial charge in [-0.15, -0.1) is 0 Å². The summed E-state index contributed by atoms with van der Waals surface area (Å²) in [6, 6.07) is -0.0263. The van der Waals surface area contributed by atoms with E-state index in [4.69, 9.17) is 10.9 Å². The molecule has 0 spiro atoms. The second kappa shape index (κ2) is 6.23. The number of nitrogens with two attached hydrogens (primary N) is 1. The first-order valence-electron chi connectivity index (χ1n) is 6.00. The fourth-order valence-corrected chi connectivity index (χ4v) is 2.00. The van der Waals surface area contributed by atoms with Gasteiger partial charge in [0.05, 0.1) is 0 Å². The largest absolute Gasteiger partial charge is 0.409 e. The predicted molar refractivity (Wildman–Crippen MR) is 65.9 cm³/mol. The van der Waals surface area contributed by atoms with Crippen molar-refractivity contribution in [3.63, 3.8) is 0 Å². The molecule has 0 aliphatic carbocycles. The normalized spacial score (nSPS) is 21.8. The molecule has 1 heterocycles. The molecule has 0 aromatic carbocycles. The molecule has 1 fully saturated rings. The zero-order chi connectivity index (χ0) is 13.7. The van der Waals surface area contributed by atoms with E-state index in [0.717, 1.165) is 6.42 Å². The highest BCUT2D eigenvalue weighted by Crippen LogP contribution is 2.12. The van der Waals surface area contributed by atoms with Crippen LogP contribution in [0.25, 0.3) is 0 Å². The third kappa shape index (κ3) is 3.61. The Hall–Kier alpha value is -1.79. The molecular formula is C11H20N4O3. The standard InChI is InChI=1S/C11H20N4O3/c1-6(2)9(10(12)15-18)11(17)13-5-7-3-4-8(16)14-7/h6-7,9,18H,3-5H2,1-2H3,(H2,12,15)(H,13,17)(H,14,16). The quantitative estimate of drug-likeness (QED) is 0.227. The Morgan fingerprint density at radius 2 is 2.33 bits per heavy atom. The molecule has 0 bridgehead atoms. The first-order valence-corrected chi connectivity index (χ1v) is 6.00. The van der Waals surface area contributed by atoms with Crippen LogP contribution in [-0.2, 0) is 9.59 Å². The topological polar surface area (TPSA) is 117 Å². The summed E-state index contributed by atoms with van der Waals surface area (Å²) >= 11 is 0. The molecular weight excluding hydrogens is 236 g/mol. The van der Waals surface area contributed by atoms with Crippen LogP contribution in [0.3, 0.4) is 0 Å². The van der Waals surface area contributed by atoms with Crippen LogP contribution >= 0.6 is 0 Å². The van der Waals surface area contributed by atoms with Gasteiger partial charge in [0.2, 0.25) is 11.8 Å². The number of carbonyl (C=O) groups is 2. The summed E-state index contributed by atoms with van der Waals surface area (Å²) in [6.07, 6.45) is 1.21.